The Labute approximate surface area is 287 Å². The Hall–Kier alpha value is -5.30. The molecule has 13 heteroatoms. The number of benzene rings is 2. The van der Waals surface area contributed by atoms with E-state index < -0.39 is 61.3 Å². The summed E-state index contributed by atoms with van der Waals surface area (Å²) in [5.41, 5.74) is 1.65. The minimum absolute atomic E-state index is 0.103. The molecule has 0 radical (unpaired) electrons. The average Bonchev–Trinajstić information content (AvgIpc) is 3.64. The largest absolute Gasteiger partial charge is 0.369 e. The van der Waals surface area contributed by atoms with Crippen molar-refractivity contribution in [2.45, 2.75) is 31.7 Å². The fourth-order valence-corrected chi connectivity index (χ4v) is 6.56. The van der Waals surface area contributed by atoms with Gasteiger partial charge in [-0.2, -0.15) is 0 Å². The molecule has 0 aliphatic carbocycles. The molecule has 244 valence electrons. The van der Waals surface area contributed by atoms with Gasteiger partial charge in [0.15, 0.2) is 5.82 Å². The van der Waals surface area contributed by atoms with Crippen molar-refractivity contribution in [3.05, 3.63) is 70.8 Å². The van der Waals surface area contributed by atoms with Crippen LogP contribution >= 0.6 is 0 Å². The molecule has 3 aromatic rings. The van der Waals surface area contributed by atoms with Crippen LogP contribution in [0.25, 0.3) is 11.3 Å². The summed E-state index contributed by atoms with van der Waals surface area (Å²) in [5.74, 6) is -3.26. The molecule has 1 N–H and O–H groups in total. The lowest BCUT2D eigenvalue weighted by Gasteiger charge is -2.39. The Morgan fingerprint density at radius 3 is 2.33 bits per heavy atom. The summed E-state index contributed by atoms with van der Waals surface area (Å²) in [6, 6.07) is 10.9. The monoisotopic (exact) mass is 654 g/mol. The fourth-order valence-electron chi connectivity index (χ4n) is 6.56. The van der Waals surface area contributed by atoms with E-state index in [-0.39, 0.29) is 42.3 Å². The van der Waals surface area contributed by atoms with Gasteiger partial charge in [0.25, 0.3) is 17.7 Å². The predicted octanol–water partition coefficient (Wildman–Crippen LogP) is 2.16. The predicted molar refractivity (Wildman–Crippen MR) is 176 cm³/mol. The Kier molecular flexibility index (Phi) is 5.60. The number of piperazine rings is 1. The number of aliphatic imine (C=N–C) groups is 1. The van der Waals surface area contributed by atoms with Crippen LogP contribution in [0.5, 0.6) is 0 Å². The van der Waals surface area contributed by atoms with Gasteiger partial charge in [-0.05, 0) is 61.6 Å². The second-order valence-electron chi connectivity index (χ2n) is 12.1. The van der Waals surface area contributed by atoms with E-state index in [1.54, 1.807) is 24.3 Å². The van der Waals surface area contributed by atoms with E-state index in [0.717, 1.165) is 23.8 Å². The number of piperidine rings is 2. The quantitative estimate of drug-likeness (QED) is 0.392. The normalized spacial score (nSPS) is 28.3. The summed E-state index contributed by atoms with van der Waals surface area (Å²) in [6.45, 7) is -12.1. The summed E-state index contributed by atoms with van der Waals surface area (Å²) < 4.78 is 71.8. The minimum atomic E-state index is -3.22. The maximum absolute atomic E-state index is 13.5. The number of rotatable bonds is 6. The van der Waals surface area contributed by atoms with Gasteiger partial charge in [-0.15, -0.1) is 10.2 Å². The number of carbonyl (C=O) groups is 5. The lowest BCUT2D eigenvalue weighted by molar-refractivity contribution is -0.136. The number of hydrogen-bond donors (Lipinski definition) is 1. The summed E-state index contributed by atoms with van der Waals surface area (Å²) in [6.07, 6.45) is 2.16. The molecule has 0 spiro atoms. The lowest BCUT2D eigenvalue weighted by atomic mass is 9.96. The smallest absolute Gasteiger partial charge is 0.277 e. The molecular weight excluding hydrogens is 612 g/mol. The summed E-state index contributed by atoms with van der Waals surface area (Å²) in [4.78, 5) is 70.4. The van der Waals surface area contributed by atoms with E-state index in [0.29, 0.717) is 63.3 Å². The van der Waals surface area contributed by atoms with Crippen molar-refractivity contribution in [1.29, 1.82) is 0 Å². The van der Waals surface area contributed by atoms with Crippen LogP contribution in [-0.4, -0.2) is 107 Å². The van der Waals surface area contributed by atoms with Gasteiger partial charge in [-0.25, -0.2) is 4.99 Å². The summed E-state index contributed by atoms with van der Waals surface area (Å²) in [7, 11) is 0. The molecule has 0 bridgehead atoms. The molecule has 1 unspecified atom stereocenters. The molecule has 1 aromatic heterocycles. The average molecular weight is 655 g/mol. The van der Waals surface area contributed by atoms with Crippen molar-refractivity contribution in [3.63, 3.8) is 0 Å². The standard InChI is InChI=1S/C35H34N8O5/c44-31-8-6-29(33(46)37-31)43-34(47)25-4-3-24(18-27(25)35(43)48)41-15-13-40(14-16-41)20-21-9-11-42(12-10-21)30-7-5-28(38-39-30)22-1-2-23-19-36-32(45)26(23)17-22/h1-5,7,17-19,21,29H,6,8-16,20H2,(H,37,44,46)/i13D2,14D2,15D2,16D2. The van der Waals surface area contributed by atoms with Crippen molar-refractivity contribution < 1.29 is 34.9 Å². The van der Waals surface area contributed by atoms with Crippen LogP contribution in [0.2, 0.25) is 0 Å². The number of aromatic nitrogens is 2. The molecule has 8 rings (SSSR count). The fraction of sp³-hybridized carbons (Fsp3) is 0.371. The Bertz CT molecular complexity index is 2220. The molecule has 48 heavy (non-hydrogen) atoms. The van der Waals surface area contributed by atoms with Gasteiger partial charge in [-0.3, -0.25) is 39.1 Å². The van der Waals surface area contributed by atoms with Crippen LogP contribution in [0.1, 0.15) is 73.3 Å². The van der Waals surface area contributed by atoms with Gasteiger partial charge in [0.2, 0.25) is 11.8 Å². The van der Waals surface area contributed by atoms with Crippen LogP contribution in [0, 0.1) is 5.92 Å². The van der Waals surface area contributed by atoms with Gasteiger partial charge < -0.3 is 9.80 Å². The molecule has 5 aliphatic rings. The molecule has 3 saturated heterocycles. The molecule has 5 aliphatic heterocycles. The lowest BCUT2D eigenvalue weighted by Crippen LogP contribution is -2.54. The van der Waals surface area contributed by atoms with Gasteiger partial charge in [0, 0.05) is 80.6 Å². The van der Waals surface area contributed by atoms with E-state index in [1.807, 2.05) is 11.0 Å². The highest BCUT2D eigenvalue weighted by Crippen LogP contribution is 2.32. The van der Waals surface area contributed by atoms with Crippen molar-refractivity contribution >= 4 is 47.3 Å². The maximum Gasteiger partial charge on any atom is 0.277 e. The highest BCUT2D eigenvalue weighted by molar-refractivity contribution is 6.23. The van der Waals surface area contributed by atoms with Gasteiger partial charge >= 0.3 is 0 Å². The van der Waals surface area contributed by atoms with E-state index in [1.165, 1.54) is 6.21 Å². The SMILES string of the molecule is [2H]C1([2H])N(CC2CCN(c3ccc(-c4ccc5c(c4)C(=O)N=C5)nn3)CC2)C([2H])([2H])C([2H])([2H])N(c2ccc3c(c2)C(=O)N(C2CCC(=O)NC2=O)C3=O)C1([2H])[2H]. The van der Waals surface area contributed by atoms with Crippen LogP contribution in [0.3, 0.4) is 0 Å². The molecular formula is C35H34N8O5. The highest BCUT2D eigenvalue weighted by atomic mass is 16.2. The minimum Gasteiger partial charge on any atom is -0.369 e. The highest BCUT2D eigenvalue weighted by Gasteiger charge is 2.44. The molecule has 2 aromatic carbocycles. The molecule has 5 amide bonds. The summed E-state index contributed by atoms with van der Waals surface area (Å²) >= 11 is 0. The zero-order valence-electron chi connectivity index (χ0n) is 33.5. The number of fused-ring (bicyclic) bond motifs is 2. The second-order valence-corrected chi connectivity index (χ2v) is 12.1. The van der Waals surface area contributed by atoms with E-state index in [4.69, 9.17) is 11.0 Å². The number of anilines is 2. The third kappa shape index (κ3) is 5.43. The van der Waals surface area contributed by atoms with Crippen molar-refractivity contribution in [2.24, 2.45) is 10.9 Å². The number of amides is 5. The zero-order valence-corrected chi connectivity index (χ0v) is 25.5. The van der Waals surface area contributed by atoms with Crippen molar-refractivity contribution in [2.75, 3.05) is 55.4 Å². The maximum atomic E-state index is 13.5. The van der Waals surface area contributed by atoms with Crippen molar-refractivity contribution in [3.8, 4) is 11.3 Å². The van der Waals surface area contributed by atoms with Crippen LogP contribution in [-0.2, 0) is 9.59 Å². The first-order chi connectivity index (χ1) is 26.3. The van der Waals surface area contributed by atoms with Crippen molar-refractivity contribution in [1.82, 2.24) is 25.3 Å². The molecule has 6 heterocycles. The number of nitrogens with zero attached hydrogens (tertiary/aromatic N) is 7. The number of imide groups is 2. The van der Waals surface area contributed by atoms with Gasteiger partial charge in [-0.1, -0.05) is 12.1 Å². The molecule has 1 atom stereocenters. The molecule has 13 nitrogen and oxygen atoms in total. The first-order valence-electron chi connectivity index (χ1n) is 19.6. The van der Waals surface area contributed by atoms with Crippen LogP contribution < -0.4 is 15.1 Å². The van der Waals surface area contributed by atoms with E-state index in [2.05, 4.69) is 20.5 Å². The number of hydrogen-bond acceptors (Lipinski definition) is 10. The second kappa shape index (κ2) is 12.1. The Balaban J connectivity index is 0.981. The van der Waals surface area contributed by atoms with E-state index in [9.17, 15) is 24.0 Å². The Morgan fingerprint density at radius 1 is 0.792 bits per heavy atom. The first-order valence-corrected chi connectivity index (χ1v) is 15.6. The van der Waals surface area contributed by atoms with Crippen LogP contribution in [0.15, 0.2) is 53.5 Å². The molecule has 3 fully saturated rings. The van der Waals surface area contributed by atoms with Gasteiger partial charge in [0.05, 0.1) is 27.9 Å². The molecule has 0 saturated carbocycles. The van der Waals surface area contributed by atoms with Gasteiger partial charge in [0.1, 0.15) is 6.04 Å². The summed E-state index contributed by atoms with van der Waals surface area (Å²) in [5, 5.41) is 10.8. The van der Waals surface area contributed by atoms with Crippen LogP contribution in [0.4, 0.5) is 11.5 Å². The Morgan fingerprint density at radius 2 is 1.58 bits per heavy atom. The first kappa shape index (κ1) is 22.3. The third-order valence-electron chi connectivity index (χ3n) is 9.21. The topological polar surface area (TPSA) is 148 Å². The zero-order chi connectivity index (χ0) is 40.1. The van der Waals surface area contributed by atoms with E-state index >= 15 is 0 Å². The number of carbonyl (C=O) groups excluding carboxylic acids is 5. The number of nitrogens with one attached hydrogen (secondary N) is 1. The third-order valence-corrected chi connectivity index (χ3v) is 9.21.